The molecule has 0 spiro atoms. The van der Waals surface area contributed by atoms with Gasteiger partial charge in [0.05, 0.1) is 11.9 Å². The fourth-order valence-corrected chi connectivity index (χ4v) is 1.46. The topological polar surface area (TPSA) is 16.1 Å². The minimum Gasteiger partial charge on any atom is -0.343 e. The quantitative estimate of drug-likeness (QED) is 0.736. The van der Waals surface area contributed by atoms with E-state index in [0.717, 1.165) is 11.4 Å². The van der Waals surface area contributed by atoms with E-state index in [2.05, 4.69) is 28.1 Å². The zero-order valence-electron chi connectivity index (χ0n) is 9.01. The SMILES string of the molecule is Cc1ccc(N(C)c2ccccc2)cn1. The summed E-state index contributed by atoms with van der Waals surface area (Å²) in [5.41, 5.74) is 3.31. The van der Waals surface area contributed by atoms with Gasteiger partial charge in [-0.05, 0) is 31.2 Å². The van der Waals surface area contributed by atoms with E-state index >= 15 is 0 Å². The van der Waals surface area contributed by atoms with E-state index in [-0.39, 0.29) is 0 Å². The van der Waals surface area contributed by atoms with Crippen LogP contribution in [0, 0.1) is 6.92 Å². The van der Waals surface area contributed by atoms with E-state index in [1.54, 1.807) is 0 Å². The maximum absolute atomic E-state index is 4.28. The average molecular weight is 198 g/mol. The van der Waals surface area contributed by atoms with Crippen molar-refractivity contribution < 1.29 is 0 Å². The molecule has 2 heteroatoms. The highest BCUT2D eigenvalue weighted by Crippen LogP contribution is 2.21. The number of rotatable bonds is 2. The summed E-state index contributed by atoms with van der Waals surface area (Å²) in [6, 6.07) is 14.4. The van der Waals surface area contributed by atoms with Crippen LogP contribution in [0.1, 0.15) is 5.69 Å². The van der Waals surface area contributed by atoms with Crippen molar-refractivity contribution in [3.8, 4) is 0 Å². The van der Waals surface area contributed by atoms with Gasteiger partial charge in [0.2, 0.25) is 0 Å². The lowest BCUT2D eigenvalue weighted by atomic mass is 10.2. The fourth-order valence-electron chi connectivity index (χ4n) is 1.46. The maximum atomic E-state index is 4.28. The van der Waals surface area contributed by atoms with Crippen molar-refractivity contribution in [3.63, 3.8) is 0 Å². The highest BCUT2D eigenvalue weighted by molar-refractivity contribution is 5.61. The molecule has 2 nitrogen and oxygen atoms in total. The van der Waals surface area contributed by atoms with Crippen LogP contribution in [0.3, 0.4) is 0 Å². The zero-order chi connectivity index (χ0) is 10.7. The van der Waals surface area contributed by atoms with Gasteiger partial charge in [-0.3, -0.25) is 4.98 Å². The molecule has 2 aromatic rings. The number of anilines is 2. The van der Waals surface area contributed by atoms with Gasteiger partial charge in [-0.25, -0.2) is 0 Å². The van der Waals surface area contributed by atoms with Gasteiger partial charge >= 0.3 is 0 Å². The number of aryl methyl sites for hydroxylation is 1. The molecule has 15 heavy (non-hydrogen) atoms. The lowest BCUT2D eigenvalue weighted by Gasteiger charge is -2.18. The van der Waals surface area contributed by atoms with Crippen LogP contribution in [0.5, 0.6) is 0 Å². The van der Waals surface area contributed by atoms with Crippen molar-refractivity contribution in [3.05, 3.63) is 54.4 Å². The first kappa shape index (κ1) is 9.71. The van der Waals surface area contributed by atoms with Crippen LogP contribution < -0.4 is 4.90 Å². The first-order valence-corrected chi connectivity index (χ1v) is 4.99. The predicted molar refractivity (Wildman–Crippen MR) is 63.5 cm³/mol. The number of pyridine rings is 1. The summed E-state index contributed by atoms with van der Waals surface area (Å²) < 4.78 is 0. The third-order valence-corrected chi connectivity index (χ3v) is 2.43. The molecule has 0 fully saturated rings. The minimum atomic E-state index is 1.04. The summed E-state index contributed by atoms with van der Waals surface area (Å²) in [4.78, 5) is 6.40. The first-order chi connectivity index (χ1) is 7.27. The number of nitrogens with zero attached hydrogens (tertiary/aromatic N) is 2. The van der Waals surface area contributed by atoms with Crippen molar-refractivity contribution >= 4 is 11.4 Å². The molecule has 0 aliphatic carbocycles. The van der Waals surface area contributed by atoms with E-state index < -0.39 is 0 Å². The molecular formula is C13H14N2. The second-order valence-electron chi connectivity index (χ2n) is 3.55. The second kappa shape index (κ2) is 4.13. The molecule has 76 valence electrons. The molecule has 1 aromatic heterocycles. The van der Waals surface area contributed by atoms with E-state index in [4.69, 9.17) is 0 Å². The van der Waals surface area contributed by atoms with Gasteiger partial charge in [0.1, 0.15) is 0 Å². The Bertz CT molecular complexity index is 420. The summed E-state index contributed by atoms with van der Waals surface area (Å²) in [5.74, 6) is 0. The third-order valence-electron chi connectivity index (χ3n) is 2.43. The highest BCUT2D eigenvalue weighted by atomic mass is 15.1. The molecule has 1 aromatic carbocycles. The molecule has 0 saturated heterocycles. The monoisotopic (exact) mass is 198 g/mol. The molecule has 0 radical (unpaired) electrons. The van der Waals surface area contributed by atoms with Gasteiger partial charge in [0, 0.05) is 18.4 Å². The average Bonchev–Trinajstić information content (AvgIpc) is 2.30. The Morgan fingerprint density at radius 2 is 1.67 bits per heavy atom. The van der Waals surface area contributed by atoms with Crippen LogP contribution in [0.2, 0.25) is 0 Å². The molecule has 0 N–H and O–H groups in total. The zero-order valence-corrected chi connectivity index (χ0v) is 9.01. The first-order valence-electron chi connectivity index (χ1n) is 4.99. The Hall–Kier alpha value is -1.83. The van der Waals surface area contributed by atoms with Crippen LogP contribution in [0.25, 0.3) is 0 Å². The molecule has 0 amide bonds. The second-order valence-corrected chi connectivity index (χ2v) is 3.55. The van der Waals surface area contributed by atoms with Crippen molar-refractivity contribution in [1.29, 1.82) is 0 Å². The highest BCUT2D eigenvalue weighted by Gasteiger charge is 2.02. The summed E-state index contributed by atoms with van der Waals surface area (Å²) in [6.45, 7) is 1.99. The molecule has 2 rings (SSSR count). The van der Waals surface area contributed by atoms with E-state index in [1.807, 2.05) is 44.4 Å². The Balaban J connectivity index is 2.29. The number of benzene rings is 1. The van der Waals surface area contributed by atoms with E-state index in [1.165, 1.54) is 5.69 Å². The van der Waals surface area contributed by atoms with Gasteiger partial charge in [-0.15, -0.1) is 0 Å². The van der Waals surface area contributed by atoms with Crippen molar-refractivity contribution in [2.75, 3.05) is 11.9 Å². The number of aromatic nitrogens is 1. The maximum Gasteiger partial charge on any atom is 0.0594 e. The normalized spacial score (nSPS) is 10.0. The van der Waals surface area contributed by atoms with Gasteiger partial charge in [0.15, 0.2) is 0 Å². The van der Waals surface area contributed by atoms with E-state index in [9.17, 15) is 0 Å². The number of hydrogen-bond acceptors (Lipinski definition) is 2. The van der Waals surface area contributed by atoms with Gasteiger partial charge < -0.3 is 4.90 Å². The van der Waals surface area contributed by atoms with Crippen molar-refractivity contribution in [2.24, 2.45) is 0 Å². The molecular weight excluding hydrogens is 184 g/mol. The standard InChI is InChI=1S/C13H14N2/c1-11-8-9-13(10-14-11)15(2)12-6-4-3-5-7-12/h3-10H,1-2H3. The van der Waals surface area contributed by atoms with Gasteiger partial charge in [0.25, 0.3) is 0 Å². The molecule has 1 heterocycles. The molecule has 0 aliphatic rings. The number of para-hydroxylation sites is 1. The van der Waals surface area contributed by atoms with Crippen LogP contribution >= 0.6 is 0 Å². The van der Waals surface area contributed by atoms with Gasteiger partial charge in [-0.2, -0.15) is 0 Å². The minimum absolute atomic E-state index is 1.04. The van der Waals surface area contributed by atoms with Crippen LogP contribution in [-0.2, 0) is 0 Å². The van der Waals surface area contributed by atoms with Gasteiger partial charge in [-0.1, -0.05) is 18.2 Å². The molecule has 0 bridgehead atoms. The van der Waals surface area contributed by atoms with Crippen molar-refractivity contribution in [2.45, 2.75) is 6.92 Å². The van der Waals surface area contributed by atoms with Crippen LogP contribution in [0.15, 0.2) is 48.7 Å². The molecule has 0 saturated carbocycles. The summed E-state index contributed by atoms with van der Waals surface area (Å²) in [7, 11) is 2.04. The third kappa shape index (κ3) is 2.15. The Morgan fingerprint density at radius 3 is 2.27 bits per heavy atom. The Morgan fingerprint density at radius 1 is 0.933 bits per heavy atom. The lowest BCUT2D eigenvalue weighted by molar-refractivity contribution is 1.14. The fraction of sp³-hybridized carbons (Fsp3) is 0.154. The van der Waals surface area contributed by atoms with Crippen LogP contribution in [-0.4, -0.2) is 12.0 Å². The lowest BCUT2D eigenvalue weighted by Crippen LogP contribution is -2.09. The predicted octanol–water partition coefficient (Wildman–Crippen LogP) is 3.16. The van der Waals surface area contributed by atoms with Crippen molar-refractivity contribution in [1.82, 2.24) is 4.98 Å². The largest absolute Gasteiger partial charge is 0.343 e. The molecule has 0 aliphatic heterocycles. The summed E-state index contributed by atoms with van der Waals surface area (Å²) in [5, 5.41) is 0. The number of hydrogen-bond donors (Lipinski definition) is 0. The van der Waals surface area contributed by atoms with Crippen LogP contribution in [0.4, 0.5) is 11.4 Å². The molecule has 0 atom stereocenters. The Labute approximate surface area is 90.2 Å². The summed E-state index contributed by atoms with van der Waals surface area (Å²) in [6.07, 6.45) is 1.89. The smallest absolute Gasteiger partial charge is 0.0594 e. The molecule has 0 unspecified atom stereocenters. The summed E-state index contributed by atoms with van der Waals surface area (Å²) >= 11 is 0. The Kier molecular flexibility index (Phi) is 2.68. The van der Waals surface area contributed by atoms with E-state index in [0.29, 0.717) is 0 Å².